The highest BCUT2D eigenvalue weighted by Crippen LogP contribution is 2.43. The number of carbonyl (C=O) groups excluding carboxylic acids is 2. The van der Waals surface area contributed by atoms with Crippen molar-refractivity contribution < 1.29 is 9.59 Å². The third kappa shape index (κ3) is 3.73. The van der Waals surface area contributed by atoms with E-state index in [9.17, 15) is 25.4 Å². The zero-order chi connectivity index (χ0) is 21.1. The lowest BCUT2D eigenvalue weighted by Gasteiger charge is -2.40. The molecular weight excluding hydrogens is 374 g/mol. The van der Waals surface area contributed by atoms with Gasteiger partial charge in [-0.15, -0.1) is 0 Å². The van der Waals surface area contributed by atoms with Gasteiger partial charge in [-0.25, -0.2) is 0 Å². The number of nitrogens with one attached hydrogen (secondary N) is 1. The molecular formula is C20H25N5O2S. The molecule has 1 aliphatic heterocycles. The highest BCUT2D eigenvalue weighted by Gasteiger charge is 2.46. The molecule has 2 aliphatic rings. The molecule has 7 nitrogen and oxygen atoms in total. The van der Waals surface area contributed by atoms with Crippen LogP contribution >= 0.6 is 11.8 Å². The van der Waals surface area contributed by atoms with E-state index >= 15 is 0 Å². The number of nitriles is 3. The second-order valence-electron chi connectivity index (χ2n) is 7.95. The summed E-state index contributed by atoms with van der Waals surface area (Å²) in [6.07, 6.45) is 4.20. The Kier molecular flexibility index (Phi) is 6.42. The van der Waals surface area contributed by atoms with Crippen molar-refractivity contribution in [3.8, 4) is 18.2 Å². The van der Waals surface area contributed by atoms with Gasteiger partial charge in [0.1, 0.15) is 11.5 Å². The minimum absolute atomic E-state index is 0.215. The van der Waals surface area contributed by atoms with Crippen molar-refractivity contribution in [1.29, 1.82) is 15.8 Å². The summed E-state index contributed by atoms with van der Waals surface area (Å²) in [6.45, 7) is 5.07. The van der Waals surface area contributed by atoms with Crippen LogP contribution in [-0.2, 0) is 9.59 Å². The van der Waals surface area contributed by atoms with E-state index in [1.807, 2.05) is 6.07 Å². The van der Waals surface area contributed by atoms with Crippen molar-refractivity contribution in [2.45, 2.75) is 63.7 Å². The molecule has 2 rings (SSSR count). The molecule has 2 amide bonds. The summed E-state index contributed by atoms with van der Waals surface area (Å²) < 4.78 is 0. The second-order valence-corrected chi connectivity index (χ2v) is 9.30. The summed E-state index contributed by atoms with van der Waals surface area (Å²) in [7, 11) is 1.66. The Morgan fingerprint density at radius 1 is 1.25 bits per heavy atom. The largest absolute Gasteiger partial charge is 0.326 e. The van der Waals surface area contributed by atoms with Crippen LogP contribution in [0.2, 0.25) is 0 Å². The van der Waals surface area contributed by atoms with E-state index in [0.717, 1.165) is 31.0 Å². The maximum Gasteiger partial charge on any atom is 0.243 e. The van der Waals surface area contributed by atoms with E-state index < -0.39 is 28.0 Å². The SMILES string of the molecule is C[C@H](SC1=C(C#N)C(C)(C)[C@H](C#N)C(=O)N1)C(=O)N(C)C1(C#N)CCCCC1. The predicted octanol–water partition coefficient (Wildman–Crippen LogP) is 2.82. The van der Waals surface area contributed by atoms with Crippen molar-refractivity contribution in [1.82, 2.24) is 10.2 Å². The minimum Gasteiger partial charge on any atom is -0.326 e. The lowest BCUT2D eigenvalue weighted by Crippen LogP contribution is -2.52. The molecule has 8 heteroatoms. The first kappa shape index (κ1) is 21.8. The van der Waals surface area contributed by atoms with Crippen LogP contribution in [0.5, 0.6) is 0 Å². The molecule has 1 heterocycles. The maximum absolute atomic E-state index is 13.0. The molecule has 0 unspecified atom stereocenters. The number of thioether (sulfide) groups is 1. The summed E-state index contributed by atoms with van der Waals surface area (Å²) in [4.78, 5) is 26.9. The number of rotatable bonds is 4. The fourth-order valence-electron chi connectivity index (χ4n) is 3.88. The molecule has 1 saturated carbocycles. The van der Waals surface area contributed by atoms with Gasteiger partial charge < -0.3 is 10.2 Å². The third-order valence-corrected chi connectivity index (χ3v) is 6.93. The molecule has 148 valence electrons. The van der Waals surface area contributed by atoms with Crippen molar-refractivity contribution in [2.24, 2.45) is 11.3 Å². The maximum atomic E-state index is 13.0. The fourth-order valence-corrected chi connectivity index (χ4v) is 5.08. The Balaban J connectivity index is 2.27. The molecule has 0 saturated heterocycles. The van der Waals surface area contributed by atoms with Gasteiger partial charge in [-0.3, -0.25) is 9.59 Å². The van der Waals surface area contributed by atoms with Crippen LogP contribution in [0.4, 0.5) is 0 Å². The molecule has 1 fully saturated rings. The highest BCUT2D eigenvalue weighted by molar-refractivity contribution is 8.04. The second kappa shape index (κ2) is 8.25. The Morgan fingerprint density at radius 3 is 2.36 bits per heavy atom. The van der Waals surface area contributed by atoms with E-state index in [2.05, 4.69) is 17.5 Å². The van der Waals surface area contributed by atoms with Gasteiger partial charge in [0.25, 0.3) is 0 Å². The number of amides is 2. The normalized spacial score (nSPS) is 24.2. The Morgan fingerprint density at radius 2 is 1.86 bits per heavy atom. The third-order valence-electron chi connectivity index (χ3n) is 5.84. The van der Waals surface area contributed by atoms with Gasteiger partial charge in [0.2, 0.25) is 11.8 Å². The van der Waals surface area contributed by atoms with Gasteiger partial charge in [0.15, 0.2) is 0 Å². The number of nitrogens with zero attached hydrogens (tertiary/aromatic N) is 4. The zero-order valence-corrected chi connectivity index (χ0v) is 17.5. The summed E-state index contributed by atoms with van der Waals surface area (Å²) in [6, 6.07) is 6.40. The van der Waals surface area contributed by atoms with E-state index in [-0.39, 0.29) is 5.91 Å². The summed E-state index contributed by atoms with van der Waals surface area (Å²) in [5, 5.41) is 31.0. The Labute approximate surface area is 170 Å². The van der Waals surface area contributed by atoms with Gasteiger partial charge in [0, 0.05) is 12.5 Å². The van der Waals surface area contributed by atoms with Crippen molar-refractivity contribution >= 4 is 23.6 Å². The van der Waals surface area contributed by atoms with Gasteiger partial charge in [-0.1, -0.05) is 44.9 Å². The Hall–Kier alpha value is -2.50. The van der Waals surface area contributed by atoms with E-state index in [0.29, 0.717) is 23.4 Å². The molecule has 0 radical (unpaired) electrons. The molecule has 0 aromatic rings. The van der Waals surface area contributed by atoms with Crippen molar-refractivity contribution in [3.63, 3.8) is 0 Å². The first-order valence-corrected chi connectivity index (χ1v) is 10.2. The van der Waals surface area contributed by atoms with Crippen LogP contribution in [0.1, 0.15) is 52.9 Å². The Bertz CT molecular complexity index is 821. The number of hydrogen-bond acceptors (Lipinski definition) is 6. The smallest absolute Gasteiger partial charge is 0.243 e. The van der Waals surface area contributed by atoms with Crippen LogP contribution in [0.25, 0.3) is 0 Å². The first-order chi connectivity index (χ1) is 13.1. The highest BCUT2D eigenvalue weighted by atomic mass is 32.2. The average Bonchev–Trinajstić information content (AvgIpc) is 2.67. The van der Waals surface area contributed by atoms with Gasteiger partial charge in [0.05, 0.1) is 34.1 Å². The van der Waals surface area contributed by atoms with Crippen LogP contribution in [0, 0.1) is 45.3 Å². The minimum atomic E-state index is -0.968. The number of hydrogen-bond donors (Lipinski definition) is 1. The number of allylic oxidation sites excluding steroid dienone is 1. The molecule has 0 spiro atoms. The van der Waals surface area contributed by atoms with Crippen molar-refractivity contribution in [2.75, 3.05) is 7.05 Å². The molecule has 0 aromatic heterocycles. The van der Waals surface area contributed by atoms with Gasteiger partial charge in [-0.05, 0) is 19.8 Å². The molecule has 1 aliphatic carbocycles. The first-order valence-electron chi connectivity index (χ1n) is 9.35. The van der Waals surface area contributed by atoms with Crippen LogP contribution < -0.4 is 5.32 Å². The molecule has 1 N–H and O–H groups in total. The quantitative estimate of drug-likeness (QED) is 0.776. The van der Waals surface area contributed by atoms with Crippen LogP contribution in [-0.4, -0.2) is 34.6 Å². The van der Waals surface area contributed by atoms with Gasteiger partial charge in [-0.2, -0.15) is 15.8 Å². The van der Waals surface area contributed by atoms with Crippen LogP contribution in [0.3, 0.4) is 0 Å². The van der Waals surface area contributed by atoms with Crippen molar-refractivity contribution in [3.05, 3.63) is 10.6 Å². The standard InChI is InChI=1S/C20H25N5O2S/c1-13(18(27)25(4)20(12-23)8-6-5-7-9-20)28-17-15(11-22)19(2,3)14(10-21)16(26)24-17/h13-14H,5-9H2,1-4H3,(H,24,26)/t13-,14+/m0/s1. The van der Waals surface area contributed by atoms with Gasteiger partial charge >= 0.3 is 0 Å². The van der Waals surface area contributed by atoms with E-state index in [1.165, 1.54) is 4.90 Å². The zero-order valence-electron chi connectivity index (χ0n) is 16.7. The lowest BCUT2D eigenvalue weighted by atomic mass is 9.72. The topological polar surface area (TPSA) is 121 Å². The molecule has 0 aromatic carbocycles. The molecule has 0 bridgehead atoms. The number of carbonyl (C=O) groups is 2. The lowest BCUT2D eigenvalue weighted by molar-refractivity contribution is -0.134. The predicted molar refractivity (Wildman–Crippen MR) is 105 cm³/mol. The van der Waals surface area contributed by atoms with E-state index in [1.54, 1.807) is 27.8 Å². The summed E-state index contributed by atoms with van der Waals surface area (Å²) in [5.41, 5.74) is -1.45. The average molecular weight is 400 g/mol. The molecule has 28 heavy (non-hydrogen) atoms. The monoisotopic (exact) mass is 399 g/mol. The van der Waals surface area contributed by atoms with E-state index in [4.69, 9.17) is 0 Å². The van der Waals surface area contributed by atoms with Crippen LogP contribution in [0.15, 0.2) is 10.6 Å². The molecule has 2 atom stereocenters. The summed E-state index contributed by atoms with van der Waals surface area (Å²) in [5.74, 6) is -1.65. The fraction of sp³-hybridized carbons (Fsp3) is 0.650. The summed E-state index contributed by atoms with van der Waals surface area (Å²) >= 11 is 1.10.